The predicted octanol–water partition coefficient (Wildman–Crippen LogP) is 5.05. The Bertz CT molecular complexity index is 824. The Kier molecular flexibility index (Phi) is 2.05. The van der Waals surface area contributed by atoms with Crippen molar-refractivity contribution in [3.05, 3.63) is 60.7 Å². The van der Waals surface area contributed by atoms with Crippen molar-refractivity contribution in [1.82, 2.24) is 4.98 Å². The third-order valence-electron chi connectivity index (χ3n) is 3.26. The minimum atomic E-state index is 1.20. The van der Waals surface area contributed by atoms with Crippen molar-refractivity contribution in [2.24, 2.45) is 0 Å². The lowest BCUT2D eigenvalue weighted by atomic mass is 10.1. The van der Waals surface area contributed by atoms with Crippen LogP contribution in [0.25, 0.3) is 31.6 Å². The van der Waals surface area contributed by atoms with Gasteiger partial charge in [0.15, 0.2) is 0 Å². The standard InChI is InChI=1S/C16H11NS/c1-2-6-11(7-3-1)14-10-13-12-8-4-5-9-15(12)18-16(13)17-14/h1-10,17H. The van der Waals surface area contributed by atoms with E-state index in [0.29, 0.717) is 0 Å². The van der Waals surface area contributed by atoms with Crippen LogP contribution in [0.1, 0.15) is 0 Å². The van der Waals surface area contributed by atoms with Crippen LogP contribution >= 0.6 is 11.3 Å². The summed E-state index contributed by atoms with van der Waals surface area (Å²) >= 11 is 1.82. The summed E-state index contributed by atoms with van der Waals surface area (Å²) in [6, 6.07) is 21.3. The zero-order valence-corrected chi connectivity index (χ0v) is 10.5. The number of aromatic nitrogens is 1. The second kappa shape index (κ2) is 3.72. The number of hydrogen-bond acceptors (Lipinski definition) is 1. The van der Waals surface area contributed by atoms with Crippen LogP contribution in [-0.2, 0) is 0 Å². The maximum absolute atomic E-state index is 3.52. The zero-order valence-electron chi connectivity index (χ0n) is 9.68. The lowest BCUT2D eigenvalue weighted by molar-refractivity contribution is 1.47. The van der Waals surface area contributed by atoms with Gasteiger partial charge in [-0.05, 0) is 17.7 Å². The fourth-order valence-electron chi connectivity index (χ4n) is 2.38. The van der Waals surface area contributed by atoms with Crippen molar-refractivity contribution < 1.29 is 0 Å². The van der Waals surface area contributed by atoms with Gasteiger partial charge in [-0.2, -0.15) is 0 Å². The minimum absolute atomic E-state index is 1.20. The molecule has 0 bridgehead atoms. The molecule has 0 aliphatic heterocycles. The number of H-pyrrole nitrogens is 1. The lowest BCUT2D eigenvalue weighted by Crippen LogP contribution is -1.74. The fourth-order valence-corrected chi connectivity index (χ4v) is 3.47. The molecular formula is C16H11NS. The van der Waals surface area contributed by atoms with Gasteiger partial charge >= 0.3 is 0 Å². The van der Waals surface area contributed by atoms with Gasteiger partial charge in [-0.1, -0.05) is 48.5 Å². The summed E-state index contributed by atoms with van der Waals surface area (Å²) in [6.07, 6.45) is 0. The Morgan fingerprint density at radius 1 is 0.778 bits per heavy atom. The highest BCUT2D eigenvalue weighted by molar-refractivity contribution is 7.25. The van der Waals surface area contributed by atoms with Crippen molar-refractivity contribution in [1.29, 1.82) is 0 Å². The summed E-state index contributed by atoms with van der Waals surface area (Å²) in [7, 11) is 0. The first-order valence-corrected chi connectivity index (χ1v) is 6.79. The number of rotatable bonds is 1. The second-order valence-electron chi connectivity index (χ2n) is 4.39. The number of benzene rings is 2. The van der Waals surface area contributed by atoms with E-state index in [0.717, 1.165) is 0 Å². The highest BCUT2D eigenvalue weighted by Crippen LogP contribution is 2.36. The van der Waals surface area contributed by atoms with Gasteiger partial charge in [-0.25, -0.2) is 0 Å². The summed E-state index contributed by atoms with van der Waals surface area (Å²) in [5, 5.41) is 2.67. The molecule has 0 radical (unpaired) electrons. The van der Waals surface area contributed by atoms with Crippen LogP contribution in [0.4, 0.5) is 0 Å². The molecule has 18 heavy (non-hydrogen) atoms. The summed E-state index contributed by atoms with van der Waals surface area (Å²) in [5.74, 6) is 0. The molecule has 1 N–H and O–H groups in total. The first kappa shape index (κ1) is 9.92. The maximum atomic E-state index is 3.52. The van der Waals surface area contributed by atoms with E-state index in [1.165, 1.54) is 31.6 Å². The van der Waals surface area contributed by atoms with E-state index in [4.69, 9.17) is 0 Å². The van der Waals surface area contributed by atoms with Crippen LogP contribution in [0.5, 0.6) is 0 Å². The highest BCUT2D eigenvalue weighted by atomic mass is 32.1. The lowest BCUT2D eigenvalue weighted by Gasteiger charge is -1.95. The molecule has 2 aromatic heterocycles. The van der Waals surface area contributed by atoms with Gasteiger partial charge in [0.1, 0.15) is 4.83 Å². The fraction of sp³-hybridized carbons (Fsp3) is 0. The van der Waals surface area contributed by atoms with Gasteiger partial charge in [0, 0.05) is 21.2 Å². The van der Waals surface area contributed by atoms with Crippen molar-refractivity contribution in [3.63, 3.8) is 0 Å². The molecule has 0 spiro atoms. The summed E-state index contributed by atoms with van der Waals surface area (Å²) in [6.45, 7) is 0. The molecular weight excluding hydrogens is 238 g/mol. The Morgan fingerprint density at radius 3 is 2.44 bits per heavy atom. The molecule has 0 saturated carbocycles. The minimum Gasteiger partial charge on any atom is -0.346 e. The van der Waals surface area contributed by atoms with Gasteiger partial charge in [0.25, 0.3) is 0 Å². The van der Waals surface area contributed by atoms with Crippen LogP contribution in [0, 0.1) is 0 Å². The monoisotopic (exact) mass is 249 g/mol. The molecule has 0 amide bonds. The Hall–Kier alpha value is -2.06. The van der Waals surface area contributed by atoms with E-state index in [-0.39, 0.29) is 0 Å². The number of aromatic amines is 1. The second-order valence-corrected chi connectivity index (χ2v) is 5.44. The van der Waals surface area contributed by atoms with Crippen molar-refractivity contribution in [2.75, 3.05) is 0 Å². The molecule has 0 atom stereocenters. The first-order chi connectivity index (χ1) is 8.92. The number of fused-ring (bicyclic) bond motifs is 3. The molecule has 0 aliphatic rings. The van der Waals surface area contributed by atoms with Gasteiger partial charge in [0.2, 0.25) is 0 Å². The summed E-state index contributed by atoms with van der Waals surface area (Å²) in [4.78, 5) is 4.78. The Balaban J connectivity index is 2.00. The largest absolute Gasteiger partial charge is 0.346 e. The van der Waals surface area contributed by atoms with Gasteiger partial charge in [-0.15, -0.1) is 11.3 Å². The molecule has 1 nitrogen and oxygen atoms in total. The predicted molar refractivity (Wildman–Crippen MR) is 79.1 cm³/mol. The maximum Gasteiger partial charge on any atom is 0.101 e. The average molecular weight is 249 g/mol. The number of hydrogen-bond donors (Lipinski definition) is 1. The van der Waals surface area contributed by atoms with Crippen molar-refractivity contribution in [2.45, 2.75) is 0 Å². The van der Waals surface area contributed by atoms with Crippen LogP contribution in [0.15, 0.2) is 60.7 Å². The van der Waals surface area contributed by atoms with Gasteiger partial charge in [0.05, 0.1) is 0 Å². The molecule has 0 fully saturated rings. The van der Waals surface area contributed by atoms with E-state index in [9.17, 15) is 0 Å². The molecule has 2 aromatic carbocycles. The van der Waals surface area contributed by atoms with Gasteiger partial charge in [-0.3, -0.25) is 0 Å². The third-order valence-corrected chi connectivity index (χ3v) is 4.36. The normalized spacial score (nSPS) is 11.3. The zero-order chi connectivity index (χ0) is 11.9. The first-order valence-electron chi connectivity index (χ1n) is 5.97. The molecule has 86 valence electrons. The van der Waals surface area contributed by atoms with E-state index in [2.05, 4.69) is 59.6 Å². The molecule has 4 rings (SSSR count). The van der Waals surface area contributed by atoms with Crippen molar-refractivity contribution >= 4 is 31.6 Å². The van der Waals surface area contributed by atoms with E-state index < -0.39 is 0 Å². The van der Waals surface area contributed by atoms with Crippen LogP contribution in [0.2, 0.25) is 0 Å². The number of nitrogens with one attached hydrogen (secondary N) is 1. The van der Waals surface area contributed by atoms with Crippen molar-refractivity contribution in [3.8, 4) is 11.3 Å². The summed E-state index contributed by atoms with van der Waals surface area (Å²) < 4.78 is 1.35. The smallest absolute Gasteiger partial charge is 0.101 e. The van der Waals surface area contributed by atoms with E-state index in [1.54, 1.807) is 0 Å². The molecule has 0 unspecified atom stereocenters. The van der Waals surface area contributed by atoms with Gasteiger partial charge < -0.3 is 4.98 Å². The SMILES string of the molecule is c1ccc(-c2cc3c([nH]2)sc2ccccc23)cc1. The van der Waals surface area contributed by atoms with E-state index >= 15 is 0 Å². The Labute approximate surface area is 109 Å². The Morgan fingerprint density at radius 2 is 1.56 bits per heavy atom. The quantitative estimate of drug-likeness (QED) is 0.486. The third kappa shape index (κ3) is 1.39. The van der Waals surface area contributed by atoms with Crippen LogP contribution in [-0.4, -0.2) is 4.98 Å². The molecule has 0 saturated heterocycles. The number of thiophene rings is 1. The molecule has 4 aromatic rings. The molecule has 2 heteroatoms. The summed E-state index contributed by atoms with van der Waals surface area (Å²) in [5.41, 5.74) is 2.44. The molecule has 2 heterocycles. The van der Waals surface area contributed by atoms with E-state index in [1.807, 2.05) is 17.4 Å². The molecule has 0 aliphatic carbocycles. The average Bonchev–Trinajstić information content (AvgIpc) is 2.97. The highest BCUT2D eigenvalue weighted by Gasteiger charge is 2.08. The topological polar surface area (TPSA) is 15.8 Å². The van der Waals surface area contributed by atoms with Crippen LogP contribution < -0.4 is 0 Å². The van der Waals surface area contributed by atoms with Crippen LogP contribution in [0.3, 0.4) is 0 Å².